The van der Waals surface area contributed by atoms with E-state index in [-0.39, 0.29) is 23.3 Å². The average Bonchev–Trinajstić information content (AvgIpc) is 2.95. The minimum Gasteiger partial charge on any atom is -0.353 e. The predicted molar refractivity (Wildman–Crippen MR) is 114 cm³/mol. The van der Waals surface area contributed by atoms with Gasteiger partial charge in [0.15, 0.2) is 5.16 Å². The fourth-order valence-corrected chi connectivity index (χ4v) is 5.62. The number of aromatic nitrogens is 2. The molecule has 7 heteroatoms. The Hall–Kier alpha value is -1.34. The van der Waals surface area contributed by atoms with E-state index in [1.54, 1.807) is 11.3 Å². The molecule has 1 aliphatic carbocycles. The third-order valence-corrected chi connectivity index (χ3v) is 7.09. The fraction of sp³-hybridized carbons (Fsp3) is 0.650. The van der Waals surface area contributed by atoms with E-state index in [1.807, 2.05) is 6.92 Å². The molecule has 0 saturated carbocycles. The van der Waals surface area contributed by atoms with Gasteiger partial charge in [-0.3, -0.25) is 9.59 Å². The lowest BCUT2D eigenvalue weighted by Gasteiger charge is -2.17. The molecule has 0 fully saturated rings. The Kier molecular flexibility index (Phi) is 6.63. The van der Waals surface area contributed by atoms with Crippen molar-refractivity contribution in [2.24, 2.45) is 11.8 Å². The van der Waals surface area contributed by atoms with Crippen LogP contribution in [0.5, 0.6) is 0 Å². The second-order valence-corrected chi connectivity index (χ2v) is 10.2. The monoisotopic (exact) mass is 407 g/mol. The van der Waals surface area contributed by atoms with E-state index >= 15 is 0 Å². The third-order valence-electron chi connectivity index (χ3n) is 5.07. The molecule has 1 aliphatic rings. The molecule has 0 spiro atoms. The number of rotatable bonds is 7. The normalized spacial score (nSPS) is 17.9. The highest BCUT2D eigenvalue weighted by atomic mass is 32.2. The van der Waals surface area contributed by atoms with Crippen LogP contribution < -0.4 is 10.9 Å². The minimum absolute atomic E-state index is 0.0155. The maximum Gasteiger partial charge on any atom is 0.260 e. The lowest BCUT2D eigenvalue weighted by atomic mass is 9.89. The maximum absolute atomic E-state index is 12.6. The highest BCUT2D eigenvalue weighted by Crippen LogP contribution is 2.36. The molecule has 148 valence electrons. The van der Waals surface area contributed by atoms with Crippen molar-refractivity contribution in [3.63, 3.8) is 0 Å². The molecule has 0 radical (unpaired) electrons. The van der Waals surface area contributed by atoms with Crippen LogP contribution in [0.15, 0.2) is 9.95 Å². The van der Waals surface area contributed by atoms with Crippen molar-refractivity contribution in [1.29, 1.82) is 0 Å². The number of aryl methyl sites for hydroxylation is 1. The van der Waals surface area contributed by atoms with Crippen LogP contribution in [-0.4, -0.2) is 27.7 Å². The molecule has 0 bridgehead atoms. The highest BCUT2D eigenvalue weighted by molar-refractivity contribution is 7.99. The number of fused-ring (bicyclic) bond motifs is 3. The summed E-state index contributed by atoms with van der Waals surface area (Å²) in [5.74, 6) is 1.56. The molecule has 3 rings (SSSR count). The van der Waals surface area contributed by atoms with Crippen molar-refractivity contribution in [2.45, 2.75) is 71.0 Å². The van der Waals surface area contributed by atoms with Crippen LogP contribution in [0.1, 0.15) is 57.4 Å². The van der Waals surface area contributed by atoms with E-state index in [2.05, 4.69) is 36.1 Å². The van der Waals surface area contributed by atoms with Crippen LogP contribution in [0.4, 0.5) is 0 Å². The summed E-state index contributed by atoms with van der Waals surface area (Å²) in [6.07, 6.45) is 5.21. The molecule has 0 saturated heterocycles. The summed E-state index contributed by atoms with van der Waals surface area (Å²) >= 11 is 2.94. The Morgan fingerprint density at radius 2 is 2.15 bits per heavy atom. The van der Waals surface area contributed by atoms with Crippen LogP contribution in [0.25, 0.3) is 10.2 Å². The topological polar surface area (TPSA) is 74.8 Å². The molecule has 0 aliphatic heterocycles. The number of carbonyl (C=O) groups excluding carboxylic acids is 1. The summed E-state index contributed by atoms with van der Waals surface area (Å²) in [5.41, 5.74) is 1.12. The van der Waals surface area contributed by atoms with Gasteiger partial charge in [0.25, 0.3) is 5.56 Å². The van der Waals surface area contributed by atoms with Crippen molar-refractivity contribution in [3.8, 4) is 0 Å². The zero-order chi connectivity index (χ0) is 19.6. The van der Waals surface area contributed by atoms with Crippen LogP contribution >= 0.6 is 23.1 Å². The van der Waals surface area contributed by atoms with Gasteiger partial charge in [0.1, 0.15) is 4.83 Å². The van der Waals surface area contributed by atoms with Gasteiger partial charge in [-0.25, -0.2) is 4.98 Å². The zero-order valence-corrected chi connectivity index (χ0v) is 18.2. The summed E-state index contributed by atoms with van der Waals surface area (Å²) in [6, 6.07) is 0.168. The number of carbonyl (C=O) groups is 1. The first-order valence-corrected chi connectivity index (χ1v) is 11.6. The lowest BCUT2D eigenvalue weighted by Crippen LogP contribution is -2.34. The molecule has 2 aromatic rings. The van der Waals surface area contributed by atoms with Crippen LogP contribution in [0.2, 0.25) is 0 Å². The summed E-state index contributed by atoms with van der Waals surface area (Å²) in [4.78, 5) is 34.4. The molecular formula is C20H29N3O2S2. The van der Waals surface area contributed by atoms with Gasteiger partial charge < -0.3 is 10.3 Å². The van der Waals surface area contributed by atoms with E-state index < -0.39 is 0 Å². The van der Waals surface area contributed by atoms with Gasteiger partial charge in [-0.2, -0.15) is 0 Å². The van der Waals surface area contributed by atoms with Gasteiger partial charge in [0.2, 0.25) is 5.91 Å². The zero-order valence-electron chi connectivity index (χ0n) is 16.6. The van der Waals surface area contributed by atoms with Crippen molar-refractivity contribution < 1.29 is 4.79 Å². The number of nitrogens with zero attached hydrogens (tertiary/aromatic N) is 1. The Bertz CT molecular complexity index is 872. The average molecular weight is 408 g/mol. The molecule has 2 heterocycles. The fourth-order valence-electron chi connectivity index (χ4n) is 3.50. The number of hydrogen-bond acceptors (Lipinski definition) is 5. The number of nitrogens with one attached hydrogen (secondary N) is 2. The highest BCUT2D eigenvalue weighted by Gasteiger charge is 2.23. The molecule has 27 heavy (non-hydrogen) atoms. The number of H-pyrrole nitrogens is 1. The standard InChI is InChI=1S/C20H29N3O2S2/c1-11(2)5-7-13(4)21-16(24)10-26-20-22-18(25)17-14-8-6-12(3)9-15(14)27-19(17)23-20/h11-13H,5-10H2,1-4H3,(H,21,24)(H,22,23,25)/t12-,13+/m0/s1. The maximum atomic E-state index is 12.6. The van der Waals surface area contributed by atoms with Crippen LogP contribution in [-0.2, 0) is 17.6 Å². The first kappa shape index (κ1) is 20.4. The molecule has 1 amide bonds. The Balaban J connectivity index is 1.64. The predicted octanol–water partition coefficient (Wildman–Crippen LogP) is 4.14. The number of hydrogen-bond donors (Lipinski definition) is 2. The van der Waals surface area contributed by atoms with Gasteiger partial charge >= 0.3 is 0 Å². The van der Waals surface area contributed by atoms with Gasteiger partial charge in [-0.15, -0.1) is 11.3 Å². The van der Waals surface area contributed by atoms with Crippen molar-refractivity contribution in [1.82, 2.24) is 15.3 Å². The number of amides is 1. The molecule has 2 N–H and O–H groups in total. The summed E-state index contributed by atoms with van der Waals surface area (Å²) in [5, 5.41) is 4.32. The first-order valence-electron chi connectivity index (χ1n) is 9.80. The van der Waals surface area contributed by atoms with E-state index in [1.165, 1.54) is 22.2 Å². The van der Waals surface area contributed by atoms with Gasteiger partial charge in [0.05, 0.1) is 11.1 Å². The second-order valence-electron chi connectivity index (χ2n) is 8.13. The Morgan fingerprint density at radius 3 is 2.89 bits per heavy atom. The summed E-state index contributed by atoms with van der Waals surface area (Å²) < 4.78 is 0. The van der Waals surface area contributed by atoms with E-state index in [0.29, 0.717) is 17.0 Å². The second kappa shape index (κ2) is 8.78. The van der Waals surface area contributed by atoms with E-state index in [4.69, 9.17) is 0 Å². The number of aromatic amines is 1. The van der Waals surface area contributed by atoms with Crippen LogP contribution in [0.3, 0.4) is 0 Å². The number of thiophene rings is 1. The van der Waals surface area contributed by atoms with Crippen molar-refractivity contribution in [2.75, 3.05) is 5.75 Å². The largest absolute Gasteiger partial charge is 0.353 e. The molecule has 5 nitrogen and oxygen atoms in total. The summed E-state index contributed by atoms with van der Waals surface area (Å²) in [6.45, 7) is 8.67. The third kappa shape index (κ3) is 5.13. The SMILES string of the molecule is CC(C)CC[C@@H](C)NC(=O)CSc1nc2sc3c(c2c(=O)[nH]1)CC[C@H](C)C3. The first-order chi connectivity index (χ1) is 12.8. The van der Waals surface area contributed by atoms with E-state index in [0.717, 1.165) is 42.3 Å². The van der Waals surface area contributed by atoms with Gasteiger partial charge in [0, 0.05) is 10.9 Å². The number of thioether (sulfide) groups is 1. The molecule has 0 aromatic carbocycles. The molecule has 2 aromatic heterocycles. The van der Waals surface area contributed by atoms with Crippen LogP contribution in [0, 0.1) is 11.8 Å². The Morgan fingerprint density at radius 1 is 1.37 bits per heavy atom. The minimum atomic E-state index is -0.0692. The molecule has 0 unspecified atom stereocenters. The molecular weight excluding hydrogens is 378 g/mol. The Labute approximate surface area is 168 Å². The van der Waals surface area contributed by atoms with Crippen molar-refractivity contribution in [3.05, 3.63) is 20.8 Å². The summed E-state index contributed by atoms with van der Waals surface area (Å²) in [7, 11) is 0. The van der Waals surface area contributed by atoms with Gasteiger partial charge in [-0.1, -0.05) is 32.5 Å². The van der Waals surface area contributed by atoms with E-state index in [9.17, 15) is 9.59 Å². The van der Waals surface area contributed by atoms with Crippen molar-refractivity contribution >= 4 is 39.2 Å². The molecule has 2 atom stereocenters. The smallest absolute Gasteiger partial charge is 0.260 e. The van der Waals surface area contributed by atoms with Gasteiger partial charge in [-0.05, 0) is 56.4 Å². The lowest BCUT2D eigenvalue weighted by molar-refractivity contribution is -0.119. The quantitative estimate of drug-likeness (QED) is 0.534.